The van der Waals surface area contributed by atoms with Gasteiger partial charge in [0, 0.05) is 29.4 Å². The van der Waals surface area contributed by atoms with E-state index in [-0.39, 0.29) is 34.6 Å². The Labute approximate surface area is 164 Å². The van der Waals surface area contributed by atoms with Crippen LogP contribution in [0.25, 0.3) is 0 Å². The highest BCUT2D eigenvalue weighted by atomic mass is 32.1. The van der Waals surface area contributed by atoms with Crippen molar-refractivity contribution in [2.24, 2.45) is 5.73 Å². The highest BCUT2D eigenvalue weighted by molar-refractivity contribution is 7.15. The largest absolute Gasteiger partial charge is 0.444 e. The van der Waals surface area contributed by atoms with Gasteiger partial charge in [-0.3, -0.25) is 14.9 Å². The number of ketones is 1. The number of nitrogens with zero attached hydrogens (tertiary/aromatic N) is 2. The zero-order valence-electron chi connectivity index (χ0n) is 14.6. The zero-order valence-corrected chi connectivity index (χ0v) is 15.4. The number of hydrogen-bond donors (Lipinski definition) is 1. The van der Waals surface area contributed by atoms with Crippen LogP contribution in [0.5, 0.6) is 0 Å². The number of hydrogen-bond acceptors (Lipinski definition) is 7. The van der Waals surface area contributed by atoms with Crippen molar-refractivity contribution in [1.29, 1.82) is 5.26 Å². The van der Waals surface area contributed by atoms with Gasteiger partial charge in [-0.1, -0.05) is 41.7 Å². The van der Waals surface area contributed by atoms with Crippen molar-refractivity contribution < 1.29 is 14.5 Å². The number of carbonyl (C=O) groups is 1. The van der Waals surface area contributed by atoms with E-state index in [4.69, 9.17) is 10.5 Å². The molecule has 8 heteroatoms. The lowest BCUT2D eigenvalue weighted by atomic mass is 9.75. The highest BCUT2D eigenvalue weighted by Crippen LogP contribution is 2.48. The number of allylic oxidation sites excluding steroid dienone is 3. The van der Waals surface area contributed by atoms with Gasteiger partial charge in [0.2, 0.25) is 5.88 Å². The number of ether oxygens (including phenoxy) is 1. The molecule has 0 amide bonds. The second-order valence-electron chi connectivity index (χ2n) is 6.63. The summed E-state index contributed by atoms with van der Waals surface area (Å²) in [5, 5.41) is 20.6. The number of benzene rings is 1. The van der Waals surface area contributed by atoms with Gasteiger partial charge in [0.1, 0.15) is 17.4 Å². The summed E-state index contributed by atoms with van der Waals surface area (Å²) in [5.74, 6) is -0.498. The summed E-state index contributed by atoms with van der Waals surface area (Å²) in [6, 6.07) is 14.6. The van der Waals surface area contributed by atoms with Gasteiger partial charge in [0.15, 0.2) is 5.78 Å². The van der Waals surface area contributed by atoms with Gasteiger partial charge in [-0.15, -0.1) is 0 Å². The zero-order chi connectivity index (χ0) is 19.8. The van der Waals surface area contributed by atoms with Gasteiger partial charge in [-0.25, -0.2) is 0 Å². The highest BCUT2D eigenvalue weighted by Gasteiger charge is 2.41. The molecule has 1 aliphatic carbocycles. The Morgan fingerprint density at radius 1 is 1.21 bits per heavy atom. The van der Waals surface area contributed by atoms with Crippen LogP contribution in [0.3, 0.4) is 0 Å². The lowest BCUT2D eigenvalue weighted by Crippen LogP contribution is -2.29. The molecular formula is C20H15N3O4S. The van der Waals surface area contributed by atoms with E-state index >= 15 is 0 Å². The molecule has 0 radical (unpaired) electrons. The van der Waals surface area contributed by atoms with Crippen LogP contribution in [-0.2, 0) is 9.53 Å². The third-order valence-electron chi connectivity index (χ3n) is 5.01. The molecule has 2 N–H and O–H groups in total. The fraction of sp³-hybridized carbons (Fsp3) is 0.200. The monoisotopic (exact) mass is 393 g/mol. The normalized spacial score (nSPS) is 21.8. The molecule has 7 nitrogen and oxygen atoms in total. The van der Waals surface area contributed by atoms with E-state index in [1.807, 2.05) is 36.4 Å². The molecule has 140 valence electrons. The quantitative estimate of drug-likeness (QED) is 0.624. The average Bonchev–Trinajstić information content (AvgIpc) is 3.17. The van der Waals surface area contributed by atoms with Crippen molar-refractivity contribution in [3.05, 3.63) is 85.8 Å². The molecule has 1 aliphatic heterocycles. The van der Waals surface area contributed by atoms with Crippen molar-refractivity contribution >= 4 is 22.1 Å². The van der Waals surface area contributed by atoms with Gasteiger partial charge in [-0.2, -0.15) is 5.26 Å². The summed E-state index contributed by atoms with van der Waals surface area (Å²) >= 11 is 0.942. The molecule has 0 spiro atoms. The van der Waals surface area contributed by atoms with Crippen LogP contribution >= 0.6 is 11.3 Å². The van der Waals surface area contributed by atoms with Crippen LogP contribution in [0.2, 0.25) is 0 Å². The lowest BCUT2D eigenvalue weighted by Gasteiger charge is -2.33. The maximum absolute atomic E-state index is 13.1. The van der Waals surface area contributed by atoms with Gasteiger partial charge < -0.3 is 10.5 Å². The summed E-state index contributed by atoms with van der Waals surface area (Å²) in [5.41, 5.74) is 7.51. The minimum absolute atomic E-state index is 0.0396. The number of thiophene rings is 1. The molecule has 2 aliphatic rings. The van der Waals surface area contributed by atoms with Crippen LogP contribution in [0.1, 0.15) is 35.1 Å². The number of Topliss-reactive ketones (excluding diaryl/α,β-unsaturated/α-hetero) is 1. The van der Waals surface area contributed by atoms with Crippen LogP contribution in [0.4, 0.5) is 5.00 Å². The first-order valence-electron chi connectivity index (χ1n) is 8.62. The molecule has 1 aromatic carbocycles. The van der Waals surface area contributed by atoms with Crippen molar-refractivity contribution in [3.8, 4) is 6.07 Å². The summed E-state index contributed by atoms with van der Waals surface area (Å²) in [7, 11) is 0. The molecule has 0 fully saturated rings. The van der Waals surface area contributed by atoms with Gasteiger partial charge >= 0.3 is 5.00 Å². The summed E-state index contributed by atoms with van der Waals surface area (Å²) < 4.78 is 5.69. The molecule has 0 bridgehead atoms. The van der Waals surface area contributed by atoms with Crippen LogP contribution < -0.4 is 5.73 Å². The van der Waals surface area contributed by atoms with Gasteiger partial charge in [0.25, 0.3) is 0 Å². The minimum atomic E-state index is -0.725. The SMILES string of the molecule is N#CC1=C(N)OC2=C(C(=O)C[C@@H](c3ccccc3)C2)[C@H]1c1ccc([N+](=O)[O-])s1. The minimum Gasteiger partial charge on any atom is -0.444 e. The smallest absolute Gasteiger partial charge is 0.324 e. The second kappa shape index (κ2) is 6.94. The van der Waals surface area contributed by atoms with E-state index in [1.165, 1.54) is 6.07 Å². The first-order valence-corrected chi connectivity index (χ1v) is 9.44. The van der Waals surface area contributed by atoms with E-state index in [1.54, 1.807) is 6.07 Å². The Morgan fingerprint density at radius 3 is 2.61 bits per heavy atom. The molecule has 0 saturated carbocycles. The van der Waals surface area contributed by atoms with E-state index in [2.05, 4.69) is 0 Å². The molecule has 1 aromatic heterocycles. The number of carbonyl (C=O) groups excluding carboxylic acids is 1. The van der Waals surface area contributed by atoms with Gasteiger partial charge in [0.05, 0.1) is 10.8 Å². The van der Waals surface area contributed by atoms with Crippen molar-refractivity contribution in [2.75, 3.05) is 0 Å². The number of rotatable bonds is 3. The maximum atomic E-state index is 13.1. The van der Waals surface area contributed by atoms with Crippen molar-refractivity contribution in [1.82, 2.24) is 0 Å². The third kappa shape index (κ3) is 2.96. The number of nitrogens with two attached hydrogens (primary N) is 1. The third-order valence-corrected chi connectivity index (χ3v) is 6.11. The summed E-state index contributed by atoms with van der Waals surface area (Å²) in [6.45, 7) is 0. The number of nitro groups is 1. The van der Waals surface area contributed by atoms with E-state index in [0.29, 0.717) is 22.6 Å². The molecule has 2 heterocycles. The fourth-order valence-electron chi connectivity index (χ4n) is 3.75. The summed E-state index contributed by atoms with van der Waals surface area (Å²) in [6.07, 6.45) is 0.767. The Bertz CT molecular complexity index is 1080. The molecule has 28 heavy (non-hydrogen) atoms. The predicted octanol–water partition coefficient (Wildman–Crippen LogP) is 3.86. The first-order chi connectivity index (χ1) is 13.5. The van der Waals surface area contributed by atoms with Crippen molar-refractivity contribution in [2.45, 2.75) is 24.7 Å². The van der Waals surface area contributed by atoms with E-state index in [9.17, 15) is 20.2 Å². The molecule has 0 saturated heterocycles. The maximum Gasteiger partial charge on any atom is 0.324 e. The Kier molecular flexibility index (Phi) is 4.45. The van der Waals surface area contributed by atoms with E-state index < -0.39 is 10.8 Å². The average molecular weight is 393 g/mol. The van der Waals surface area contributed by atoms with E-state index in [0.717, 1.165) is 16.9 Å². The topological polar surface area (TPSA) is 119 Å². The Morgan fingerprint density at radius 2 is 1.96 bits per heavy atom. The Hall–Kier alpha value is -3.44. The van der Waals surface area contributed by atoms with Crippen LogP contribution in [0, 0.1) is 21.4 Å². The first kappa shape index (κ1) is 17.9. The lowest BCUT2D eigenvalue weighted by molar-refractivity contribution is -0.380. The standard InChI is InChI=1S/C20H15N3O4S/c21-10-13-18(16-6-7-17(28-16)23(25)26)19-14(24)8-12(9-15(19)27-20(13)22)11-4-2-1-3-5-11/h1-7,12,18H,8-9,22H2/t12-,18-/m1/s1. The second-order valence-corrected chi connectivity index (χ2v) is 7.73. The fourth-order valence-corrected chi connectivity index (χ4v) is 4.69. The number of nitriles is 1. The van der Waals surface area contributed by atoms with Crippen LogP contribution in [-0.4, -0.2) is 10.7 Å². The molecule has 4 rings (SSSR count). The van der Waals surface area contributed by atoms with Crippen LogP contribution in [0.15, 0.2) is 65.3 Å². The molecule has 2 aromatic rings. The molecule has 2 atom stereocenters. The molecule has 0 unspecified atom stereocenters. The molecular weight excluding hydrogens is 378 g/mol. The van der Waals surface area contributed by atoms with Gasteiger partial charge in [-0.05, 0) is 17.5 Å². The Balaban J connectivity index is 1.78. The summed E-state index contributed by atoms with van der Waals surface area (Å²) in [4.78, 5) is 24.2. The predicted molar refractivity (Wildman–Crippen MR) is 102 cm³/mol. The van der Waals surface area contributed by atoms with Crippen molar-refractivity contribution in [3.63, 3.8) is 0 Å².